The van der Waals surface area contributed by atoms with Crippen molar-refractivity contribution in [3.63, 3.8) is 0 Å². The molecule has 0 amide bonds. The number of fused-ring (bicyclic) bond motifs is 1. The Morgan fingerprint density at radius 2 is 1.73 bits per heavy atom. The molecule has 0 aliphatic heterocycles. The summed E-state index contributed by atoms with van der Waals surface area (Å²) in [4.78, 5) is 29.8. The van der Waals surface area contributed by atoms with Crippen molar-refractivity contribution in [2.45, 2.75) is 13.5 Å². The fourth-order valence-corrected chi connectivity index (χ4v) is 3.56. The highest BCUT2D eigenvalue weighted by atomic mass is 35.5. The van der Waals surface area contributed by atoms with Crippen LogP contribution in [0.5, 0.6) is 11.8 Å². The van der Waals surface area contributed by atoms with Gasteiger partial charge in [-0.2, -0.15) is 4.98 Å². The molecule has 2 heterocycles. The Balaban J connectivity index is 1.96. The minimum Gasteiger partial charge on any atom is -0.425 e. The third-order valence-electron chi connectivity index (χ3n) is 4.93. The van der Waals surface area contributed by atoms with Gasteiger partial charge in [0, 0.05) is 14.1 Å². The van der Waals surface area contributed by atoms with Crippen LogP contribution in [0.1, 0.15) is 11.1 Å². The molecule has 0 aliphatic carbocycles. The van der Waals surface area contributed by atoms with Crippen molar-refractivity contribution in [1.29, 1.82) is 0 Å². The largest absolute Gasteiger partial charge is 0.425 e. The first-order chi connectivity index (χ1) is 14.3. The lowest BCUT2D eigenvalue weighted by Gasteiger charge is -2.12. The van der Waals surface area contributed by atoms with Crippen LogP contribution in [0.25, 0.3) is 11.2 Å². The van der Waals surface area contributed by atoms with Gasteiger partial charge >= 0.3 is 11.7 Å². The molecule has 7 nitrogen and oxygen atoms in total. The molecule has 0 N–H and O–H groups in total. The monoisotopic (exact) mass is 444 g/mol. The van der Waals surface area contributed by atoms with Crippen molar-refractivity contribution < 1.29 is 4.74 Å². The lowest BCUT2D eigenvalue weighted by atomic mass is 10.2. The first-order valence-corrected chi connectivity index (χ1v) is 9.87. The smallest absolute Gasteiger partial charge is 0.332 e. The number of halogens is 2. The zero-order chi connectivity index (χ0) is 21.6. The summed E-state index contributed by atoms with van der Waals surface area (Å²) in [6, 6.07) is 12.9. The standard InChI is InChI=1S/C21H18Cl2N4O3/c1-12-6-4-5-7-16(12)30-20-24-18-17(19(28)26(3)21(29)25(18)2)27(20)11-13-8-9-14(22)15(23)10-13/h4-10H,11H2,1-3H3. The molecule has 0 bridgehead atoms. The number of hydrogen-bond donors (Lipinski definition) is 0. The van der Waals surface area contributed by atoms with Crippen LogP contribution in [0.2, 0.25) is 10.0 Å². The second-order valence-corrected chi connectivity index (χ2v) is 7.79. The van der Waals surface area contributed by atoms with Gasteiger partial charge in [-0.25, -0.2) is 4.79 Å². The Morgan fingerprint density at radius 3 is 2.43 bits per heavy atom. The molecule has 9 heteroatoms. The highest BCUT2D eigenvalue weighted by Crippen LogP contribution is 2.28. The summed E-state index contributed by atoms with van der Waals surface area (Å²) in [5, 5.41) is 0.839. The molecular formula is C21H18Cl2N4O3. The van der Waals surface area contributed by atoms with Crippen LogP contribution < -0.4 is 16.0 Å². The topological polar surface area (TPSA) is 71.1 Å². The number of hydrogen-bond acceptors (Lipinski definition) is 4. The SMILES string of the molecule is Cc1ccccc1Oc1nc2c(c(=O)n(C)c(=O)n2C)n1Cc1ccc(Cl)c(Cl)c1. The summed E-state index contributed by atoms with van der Waals surface area (Å²) < 4.78 is 10.1. The first-order valence-electron chi connectivity index (χ1n) is 9.11. The van der Waals surface area contributed by atoms with E-state index in [9.17, 15) is 9.59 Å². The zero-order valence-corrected chi connectivity index (χ0v) is 18.0. The van der Waals surface area contributed by atoms with Gasteiger partial charge in [-0.3, -0.25) is 18.5 Å². The maximum absolute atomic E-state index is 13.0. The fraction of sp³-hybridized carbons (Fsp3) is 0.190. The van der Waals surface area contributed by atoms with Gasteiger partial charge in [-0.1, -0.05) is 47.5 Å². The number of para-hydroxylation sites is 1. The van der Waals surface area contributed by atoms with Crippen molar-refractivity contribution in [1.82, 2.24) is 18.7 Å². The molecule has 0 unspecified atom stereocenters. The Kier molecular flexibility index (Phi) is 5.17. The maximum Gasteiger partial charge on any atom is 0.332 e. The van der Waals surface area contributed by atoms with E-state index in [-0.39, 0.29) is 23.7 Å². The highest BCUT2D eigenvalue weighted by molar-refractivity contribution is 6.42. The summed E-state index contributed by atoms with van der Waals surface area (Å²) in [6.07, 6.45) is 0. The van der Waals surface area contributed by atoms with E-state index >= 15 is 0 Å². The predicted molar refractivity (Wildman–Crippen MR) is 117 cm³/mol. The molecule has 4 aromatic rings. The Morgan fingerprint density at radius 1 is 1.00 bits per heavy atom. The Labute approximate surface area is 181 Å². The van der Waals surface area contributed by atoms with Crippen molar-refractivity contribution >= 4 is 34.4 Å². The number of aromatic nitrogens is 4. The van der Waals surface area contributed by atoms with Crippen molar-refractivity contribution in [3.8, 4) is 11.8 Å². The molecule has 0 radical (unpaired) electrons. The number of ether oxygens (including phenoxy) is 1. The minimum atomic E-state index is -0.464. The normalized spacial score (nSPS) is 11.2. The van der Waals surface area contributed by atoms with Crippen LogP contribution in [0.4, 0.5) is 0 Å². The molecule has 30 heavy (non-hydrogen) atoms. The number of benzene rings is 2. The quantitative estimate of drug-likeness (QED) is 0.478. The third-order valence-corrected chi connectivity index (χ3v) is 5.67. The van der Waals surface area contributed by atoms with E-state index in [2.05, 4.69) is 4.98 Å². The van der Waals surface area contributed by atoms with Crippen LogP contribution >= 0.6 is 23.2 Å². The van der Waals surface area contributed by atoms with Gasteiger partial charge in [0.2, 0.25) is 0 Å². The van der Waals surface area contributed by atoms with E-state index in [1.165, 1.54) is 11.6 Å². The number of imidazole rings is 1. The molecule has 0 saturated heterocycles. The van der Waals surface area contributed by atoms with Gasteiger partial charge < -0.3 is 4.74 Å². The lowest BCUT2D eigenvalue weighted by Crippen LogP contribution is -2.37. The van der Waals surface area contributed by atoms with Crippen molar-refractivity contribution in [2.75, 3.05) is 0 Å². The van der Waals surface area contributed by atoms with Crippen molar-refractivity contribution in [3.05, 3.63) is 84.5 Å². The second kappa shape index (κ2) is 7.66. The van der Waals surface area contributed by atoms with E-state index in [0.29, 0.717) is 15.8 Å². The van der Waals surface area contributed by atoms with Gasteiger partial charge in [0.05, 0.1) is 16.6 Å². The average molecular weight is 445 g/mol. The molecule has 0 aliphatic rings. The Bertz CT molecular complexity index is 1400. The lowest BCUT2D eigenvalue weighted by molar-refractivity contribution is 0.418. The van der Waals surface area contributed by atoms with E-state index in [1.54, 1.807) is 23.7 Å². The predicted octanol–water partition coefficient (Wildman–Crippen LogP) is 3.89. The molecule has 0 spiro atoms. The van der Waals surface area contributed by atoms with Gasteiger partial charge in [0.25, 0.3) is 5.56 Å². The van der Waals surface area contributed by atoms with Gasteiger partial charge in [0.1, 0.15) is 5.75 Å². The van der Waals surface area contributed by atoms with E-state index in [0.717, 1.165) is 15.7 Å². The zero-order valence-electron chi connectivity index (χ0n) is 16.5. The van der Waals surface area contributed by atoms with E-state index in [1.807, 2.05) is 37.3 Å². The summed E-state index contributed by atoms with van der Waals surface area (Å²) in [5.74, 6) is 0.602. The molecule has 0 fully saturated rings. The van der Waals surface area contributed by atoms with Crippen LogP contribution in [0.3, 0.4) is 0 Å². The molecule has 154 valence electrons. The van der Waals surface area contributed by atoms with Crippen LogP contribution in [0.15, 0.2) is 52.1 Å². The third kappa shape index (κ3) is 3.40. The second-order valence-electron chi connectivity index (χ2n) is 6.97. The van der Waals surface area contributed by atoms with Crippen LogP contribution in [-0.4, -0.2) is 18.7 Å². The molecular weight excluding hydrogens is 427 g/mol. The first kappa shape index (κ1) is 20.3. The number of rotatable bonds is 4. The Hall–Kier alpha value is -3.03. The van der Waals surface area contributed by atoms with Crippen molar-refractivity contribution in [2.24, 2.45) is 14.1 Å². The minimum absolute atomic E-state index is 0.198. The molecule has 2 aromatic carbocycles. The maximum atomic E-state index is 13.0. The molecule has 4 rings (SSSR count). The van der Waals surface area contributed by atoms with Crippen LogP contribution in [0, 0.1) is 6.92 Å². The summed E-state index contributed by atoms with van der Waals surface area (Å²) in [6.45, 7) is 2.16. The molecule has 2 aromatic heterocycles. The fourth-order valence-electron chi connectivity index (χ4n) is 3.24. The molecule has 0 atom stereocenters. The van der Waals surface area contributed by atoms with Gasteiger partial charge in [-0.15, -0.1) is 0 Å². The average Bonchev–Trinajstić information content (AvgIpc) is 3.07. The number of nitrogens with zero attached hydrogens (tertiary/aromatic N) is 4. The van der Waals surface area contributed by atoms with E-state index in [4.69, 9.17) is 27.9 Å². The summed E-state index contributed by atoms with van der Waals surface area (Å²) in [5.41, 5.74) is 1.29. The van der Waals surface area contributed by atoms with Gasteiger partial charge in [-0.05, 0) is 36.2 Å². The summed E-state index contributed by atoms with van der Waals surface area (Å²) >= 11 is 12.2. The molecule has 0 saturated carbocycles. The summed E-state index contributed by atoms with van der Waals surface area (Å²) in [7, 11) is 3.00. The van der Waals surface area contributed by atoms with Crippen LogP contribution in [-0.2, 0) is 20.6 Å². The van der Waals surface area contributed by atoms with Gasteiger partial charge in [0.15, 0.2) is 11.2 Å². The number of aryl methyl sites for hydroxylation is 2. The van der Waals surface area contributed by atoms with E-state index < -0.39 is 11.2 Å². The highest BCUT2D eigenvalue weighted by Gasteiger charge is 2.21.